The first-order chi connectivity index (χ1) is 9.99. The Hall–Kier alpha value is -0.950. The summed E-state index contributed by atoms with van der Waals surface area (Å²) in [5.74, 6) is 0. The molecule has 0 heterocycles. The van der Waals surface area contributed by atoms with E-state index in [9.17, 15) is 13.5 Å². The highest BCUT2D eigenvalue weighted by Crippen LogP contribution is 2.26. The molecule has 1 aliphatic rings. The summed E-state index contributed by atoms with van der Waals surface area (Å²) in [6.45, 7) is 5.77. The Kier molecular flexibility index (Phi) is 5.37. The molecule has 0 atom stereocenters. The summed E-state index contributed by atoms with van der Waals surface area (Å²) in [7, 11) is -3.52. The Morgan fingerprint density at radius 1 is 1.38 bits per heavy atom. The molecule has 1 aromatic rings. The molecule has 0 bridgehead atoms. The molecule has 0 radical (unpaired) electrons. The number of hydrogen-bond acceptors (Lipinski definition) is 4. The summed E-state index contributed by atoms with van der Waals surface area (Å²) in [5, 5.41) is 9.24. The molecule has 21 heavy (non-hydrogen) atoms. The minimum Gasteiger partial charge on any atom is -0.392 e. The first-order valence-corrected chi connectivity index (χ1v) is 8.91. The van der Waals surface area contributed by atoms with E-state index >= 15 is 0 Å². The van der Waals surface area contributed by atoms with Gasteiger partial charge in [-0.25, -0.2) is 13.1 Å². The van der Waals surface area contributed by atoms with Crippen LogP contribution in [0.15, 0.2) is 23.1 Å². The van der Waals surface area contributed by atoms with Crippen molar-refractivity contribution < 1.29 is 13.5 Å². The third kappa shape index (κ3) is 4.03. The fraction of sp³-hybridized carbons (Fsp3) is 0.600. The Balaban J connectivity index is 2.01. The van der Waals surface area contributed by atoms with Gasteiger partial charge in [-0.3, -0.25) is 4.90 Å². The number of sulfonamides is 1. The number of hydrogen-bond donors (Lipinski definition) is 2. The van der Waals surface area contributed by atoms with E-state index in [1.807, 2.05) is 0 Å². The van der Waals surface area contributed by atoms with Crippen LogP contribution in [0.1, 0.15) is 30.9 Å². The fourth-order valence-corrected chi connectivity index (χ4v) is 3.87. The van der Waals surface area contributed by atoms with Crippen LogP contribution in [0.3, 0.4) is 0 Å². The van der Waals surface area contributed by atoms with Gasteiger partial charge in [-0.15, -0.1) is 0 Å². The largest absolute Gasteiger partial charge is 0.392 e. The van der Waals surface area contributed by atoms with E-state index in [2.05, 4.69) is 16.5 Å². The van der Waals surface area contributed by atoms with E-state index < -0.39 is 10.0 Å². The number of aliphatic hydroxyl groups excluding tert-OH is 1. The first kappa shape index (κ1) is 16.4. The van der Waals surface area contributed by atoms with Crippen LogP contribution in [0.2, 0.25) is 0 Å². The summed E-state index contributed by atoms with van der Waals surface area (Å²) in [6, 6.07) is 5.62. The second-order valence-electron chi connectivity index (χ2n) is 5.46. The van der Waals surface area contributed by atoms with Crippen molar-refractivity contribution >= 4 is 10.0 Å². The van der Waals surface area contributed by atoms with Crippen molar-refractivity contribution in [1.29, 1.82) is 0 Å². The lowest BCUT2D eigenvalue weighted by Gasteiger charge is -2.20. The minimum absolute atomic E-state index is 0.152. The molecule has 0 unspecified atom stereocenters. The van der Waals surface area contributed by atoms with E-state index in [0.717, 1.165) is 13.1 Å². The predicted molar refractivity (Wildman–Crippen MR) is 82.6 cm³/mol. The second kappa shape index (κ2) is 6.87. The molecule has 1 aromatic carbocycles. The van der Waals surface area contributed by atoms with Crippen LogP contribution in [0, 0.1) is 6.92 Å². The normalized spacial score (nSPS) is 15.6. The lowest BCUT2D eigenvalue weighted by molar-refractivity contribution is 0.280. The van der Waals surface area contributed by atoms with Gasteiger partial charge in [0.15, 0.2) is 0 Å². The van der Waals surface area contributed by atoms with Gasteiger partial charge in [0.05, 0.1) is 11.5 Å². The highest BCUT2D eigenvalue weighted by molar-refractivity contribution is 7.89. The number of benzene rings is 1. The van der Waals surface area contributed by atoms with Crippen LogP contribution in [-0.4, -0.2) is 44.1 Å². The molecule has 0 spiro atoms. The van der Waals surface area contributed by atoms with Gasteiger partial charge in [-0.2, -0.15) is 0 Å². The molecular formula is C15H24N2O3S. The van der Waals surface area contributed by atoms with Gasteiger partial charge in [0, 0.05) is 19.1 Å². The molecule has 0 saturated heterocycles. The van der Waals surface area contributed by atoms with Crippen molar-refractivity contribution in [2.75, 3.05) is 19.6 Å². The molecule has 1 aliphatic carbocycles. The van der Waals surface area contributed by atoms with Crippen LogP contribution < -0.4 is 4.72 Å². The molecule has 1 fully saturated rings. The maximum atomic E-state index is 12.4. The maximum Gasteiger partial charge on any atom is 0.240 e. The van der Waals surface area contributed by atoms with E-state index in [1.54, 1.807) is 25.1 Å². The number of nitrogens with one attached hydrogen (secondary N) is 1. The average Bonchev–Trinajstić information content (AvgIpc) is 3.28. The number of nitrogens with zero attached hydrogens (tertiary/aromatic N) is 1. The molecule has 118 valence electrons. The molecular weight excluding hydrogens is 288 g/mol. The highest BCUT2D eigenvalue weighted by Gasteiger charge is 2.27. The Morgan fingerprint density at radius 2 is 2.10 bits per heavy atom. The van der Waals surface area contributed by atoms with Crippen molar-refractivity contribution in [3.05, 3.63) is 29.3 Å². The van der Waals surface area contributed by atoms with Crippen LogP contribution in [0.4, 0.5) is 0 Å². The van der Waals surface area contributed by atoms with Gasteiger partial charge < -0.3 is 5.11 Å². The quantitative estimate of drug-likeness (QED) is 0.758. The van der Waals surface area contributed by atoms with E-state index in [4.69, 9.17) is 0 Å². The Bertz CT molecular complexity index is 583. The summed E-state index contributed by atoms with van der Waals surface area (Å²) in [6.07, 6.45) is 2.44. The van der Waals surface area contributed by atoms with E-state index in [-0.39, 0.29) is 11.5 Å². The first-order valence-electron chi connectivity index (χ1n) is 7.42. The van der Waals surface area contributed by atoms with Crippen molar-refractivity contribution in [2.45, 2.75) is 44.2 Å². The highest BCUT2D eigenvalue weighted by atomic mass is 32.2. The topological polar surface area (TPSA) is 69.6 Å². The average molecular weight is 312 g/mol. The summed E-state index contributed by atoms with van der Waals surface area (Å²) < 4.78 is 27.4. The molecule has 0 aromatic heterocycles. The summed E-state index contributed by atoms with van der Waals surface area (Å²) >= 11 is 0. The molecule has 0 amide bonds. The lowest BCUT2D eigenvalue weighted by Crippen LogP contribution is -2.36. The summed E-state index contributed by atoms with van der Waals surface area (Å²) in [4.78, 5) is 2.56. The van der Waals surface area contributed by atoms with Gasteiger partial charge in [-0.05, 0) is 43.5 Å². The van der Waals surface area contributed by atoms with E-state index in [1.165, 1.54) is 12.8 Å². The van der Waals surface area contributed by atoms with Crippen molar-refractivity contribution in [2.24, 2.45) is 0 Å². The molecule has 1 saturated carbocycles. The van der Waals surface area contributed by atoms with Gasteiger partial charge >= 0.3 is 0 Å². The number of likely N-dealkylation sites (N-methyl/N-ethyl adjacent to an activating group) is 1. The standard InChI is InChI=1S/C15H24N2O3S/c1-3-17(14-7-8-14)10-9-16-21(19,20)15-6-4-5-13(11-18)12(15)2/h4-6,14,16,18H,3,7-11H2,1-2H3. The van der Waals surface area contributed by atoms with Crippen LogP contribution in [0.25, 0.3) is 0 Å². The Morgan fingerprint density at radius 3 is 2.67 bits per heavy atom. The molecule has 6 heteroatoms. The molecule has 2 rings (SSSR count). The zero-order chi connectivity index (χ0) is 15.5. The van der Waals surface area contributed by atoms with Crippen LogP contribution in [-0.2, 0) is 16.6 Å². The van der Waals surface area contributed by atoms with Crippen LogP contribution >= 0.6 is 0 Å². The van der Waals surface area contributed by atoms with Gasteiger partial charge in [0.2, 0.25) is 10.0 Å². The third-order valence-corrected chi connectivity index (χ3v) is 5.62. The second-order valence-corrected chi connectivity index (χ2v) is 7.19. The Labute approximate surface area is 127 Å². The smallest absolute Gasteiger partial charge is 0.240 e. The molecule has 0 aliphatic heterocycles. The zero-order valence-corrected chi connectivity index (χ0v) is 13.5. The molecule has 2 N–H and O–H groups in total. The fourth-order valence-electron chi connectivity index (χ4n) is 2.56. The summed E-state index contributed by atoms with van der Waals surface area (Å²) in [5.41, 5.74) is 1.26. The van der Waals surface area contributed by atoms with Crippen molar-refractivity contribution in [3.8, 4) is 0 Å². The van der Waals surface area contributed by atoms with Gasteiger partial charge in [0.1, 0.15) is 0 Å². The van der Waals surface area contributed by atoms with Crippen LogP contribution in [0.5, 0.6) is 0 Å². The predicted octanol–water partition coefficient (Wildman–Crippen LogP) is 1.25. The number of aliphatic hydroxyl groups is 1. The maximum absolute atomic E-state index is 12.4. The monoisotopic (exact) mass is 312 g/mol. The minimum atomic E-state index is -3.52. The van der Waals surface area contributed by atoms with Gasteiger partial charge in [-0.1, -0.05) is 19.1 Å². The van der Waals surface area contributed by atoms with E-state index in [0.29, 0.717) is 23.7 Å². The van der Waals surface area contributed by atoms with Crippen molar-refractivity contribution in [3.63, 3.8) is 0 Å². The van der Waals surface area contributed by atoms with Crippen molar-refractivity contribution in [1.82, 2.24) is 9.62 Å². The lowest BCUT2D eigenvalue weighted by atomic mass is 10.1. The van der Waals surface area contributed by atoms with Gasteiger partial charge in [0.25, 0.3) is 0 Å². The number of rotatable bonds is 8. The zero-order valence-electron chi connectivity index (χ0n) is 12.7. The SMILES string of the molecule is CCN(CCNS(=O)(=O)c1cccc(CO)c1C)C1CC1. The molecule has 5 nitrogen and oxygen atoms in total. The third-order valence-electron chi connectivity index (χ3n) is 4.02.